The molecule has 0 aliphatic carbocycles. The lowest BCUT2D eigenvalue weighted by Gasteiger charge is -2.06. The molecular weight excluding hydrogens is 144 g/mol. The molecule has 3 heteroatoms. The number of carbonyl (C=O) groups excluding carboxylic acids is 2. The standard InChI is InChI=1S/C8H12O3/c1-2-6(8-5-11-8)3-7(10)4-9/h4,6,8H,2-3,5H2,1H3. The van der Waals surface area contributed by atoms with Crippen molar-refractivity contribution in [2.24, 2.45) is 5.92 Å². The number of ketones is 1. The highest BCUT2D eigenvalue weighted by Crippen LogP contribution is 2.25. The van der Waals surface area contributed by atoms with Crippen LogP contribution in [0.1, 0.15) is 19.8 Å². The third-order valence-electron chi connectivity index (χ3n) is 2.00. The van der Waals surface area contributed by atoms with E-state index in [4.69, 9.17) is 4.74 Å². The summed E-state index contributed by atoms with van der Waals surface area (Å²) in [4.78, 5) is 20.7. The van der Waals surface area contributed by atoms with Gasteiger partial charge in [-0.05, 0) is 5.92 Å². The predicted octanol–water partition coefficient (Wildman–Crippen LogP) is 0.569. The Morgan fingerprint density at radius 1 is 1.82 bits per heavy atom. The molecule has 0 aromatic heterocycles. The van der Waals surface area contributed by atoms with Crippen LogP contribution in [0.25, 0.3) is 0 Å². The summed E-state index contributed by atoms with van der Waals surface area (Å²) in [5.74, 6) is -0.0555. The molecule has 1 fully saturated rings. The summed E-state index contributed by atoms with van der Waals surface area (Å²) in [6.07, 6.45) is 1.89. The minimum atomic E-state index is -0.313. The summed E-state index contributed by atoms with van der Waals surface area (Å²) in [5, 5.41) is 0. The summed E-state index contributed by atoms with van der Waals surface area (Å²) in [5.41, 5.74) is 0. The monoisotopic (exact) mass is 156 g/mol. The first-order valence-corrected chi connectivity index (χ1v) is 3.87. The Hall–Kier alpha value is -0.700. The van der Waals surface area contributed by atoms with Crippen LogP contribution in [-0.4, -0.2) is 24.8 Å². The molecule has 0 N–H and O–H groups in total. The summed E-state index contributed by atoms with van der Waals surface area (Å²) in [6, 6.07) is 0. The number of hydrogen-bond donors (Lipinski definition) is 0. The van der Waals surface area contributed by atoms with Crippen molar-refractivity contribution >= 4 is 12.1 Å². The molecular formula is C8H12O3. The lowest BCUT2D eigenvalue weighted by atomic mass is 9.97. The van der Waals surface area contributed by atoms with Gasteiger partial charge in [-0.15, -0.1) is 0 Å². The van der Waals surface area contributed by atoms with E-state index in [0.29, 0.717) is 12.7 Å². The van der Waals surface area contributed by atoms with Crippen molar-refractivity contribution < 1.29 is 14.3 Å². The van der Waals surface area contributed by atoms with Gasteiger partial charge in [-0.3, -0.25) is 9.59 Å². The van der Waals surface area contributed by atoms with E-state index >= 15 is 0 Å². The van der Waals surface area contributed by atoms with Crippen LogP contribution >= 0.6 is 0 Å². The van der Waals surface area contributed by atoms with Gasteiger partial charge >= 0.3 is 0 Å². The second-order valence-corrected chi connectivity index (χ2v) is 2.83. The van der Waals surface area contributed by atoms with E-state index in [-0.39, 0.29) is 17.8 Å². The molecule has 0 saturated carbocycles. The van der Waals surface area contributed by atoms with E-state index < -0.39 is 0 Å². The molecule has 11 heavy (non-hydrogen) atoms. The number of carbonyl (C=O) groups is 2. The number of epoxide rings is 1. The molecule has 0 amide bonds. The van der Waals surface area contributed by atoms with Crippen LogP contribution in [0.2, 0.25) is 0 Å². The van der Waals surface area contributed by atoms with E-state index in [1.54, 1.807) is 0 Å². The Morgan fingerprint density at radius 2 is 2.45 bits per heavy atom. The van der Waals surface area contributed by atoms with Gasteiger partial charge in [-0.25, -0.2) is 0 Å². The first-order chi connectivity index (χ1) is 5.27. The summed E-state index contributed by atoms with van der Waals surface area (Å²) in [7, 11) is 0. The average molecular weight is 156 g/mol. The normalized spacial score (nSPS) is 24.3. The molecule has 0 aromatic carbocycles. The first kappa shape index (κ1) is 8.40. The number of Topliss-reactive ketones (excluding diaryl/α,β-unsaturated/α-hetero) is 1. The number of aldehydes is 1. The maximum atomic E-state index is 10.7. The maximum absolute atomic E-state index is 10.7. The number of ether oxygens (including phenoxy) is 1. The van der Waals surface area contributed by atoms with Crippen molar-refractivity contribution in [3.8, 4) is 0 Å². The van der Waals surface area contributed by atoms with Gasteiger partial charge in [0.25, 0.3) is 0 Å². The smallest absolute Gasteiger partial charge is 0.195 e. The zero-order chi connectivity index (χ0) is 8.27. The van der Waals surface area contributed by atoms with Crippen LogP contribution < -0.4 is 0 Å². The SMILES string of the molecule is CCC(CC(=O)C=O)C1CO1. The minimum absolute atomic E-state index is 0.240. The minimum Gasteiger partial charge on any atom is -0.373 e. The molecule has 0 spiro atoms. The highest BCUT2D eigenvalue weighted by molar-refractivity contribution is 6.24. The first-order valence-electron chi connectivity index (χ1n) is 3.87. The van der Waals surface area contributed by atoms with E-state index in [9.17, 15) is 9.59 Å². The topological polar surface area (TPSA) is 46.7 Å². The Kier molecular flexibility index (Phi) is 2.76. The van der Waals surface area contributed by atoms with Gasteiger partial charge in [0.15, 0.2) is 12.1 Å². The van der Waals surface area contributed by atoms with Crippen LogP contribution in [0, 0.1) is 5.92 Å². The lowest BCUT2D eigenvalue weighted by molar-refractivity contribution is -0.130. The zero-order valence-corrected chi connectivity index (χ0v) is 6.58. The van der Waals surface area contributed by atoms with Crippen molar-refractivity contribution in [2.45, 2.75) is 25.9 Å². The van der Waals surface area contributed by atoms with Crippen molar-refractivity contribution in [1.29, 1.82) is 0 Å². The molecule has 0 radical (unpaired) electrons. The quantitative estimate of drug-likeness (QED) is 0.332. The maximum Gasteiger partial charge on any atom is 0.195 e. The van der Waals surface area contributed by atoms with E-state index in [2.05, 4.69) is 0 Å². The number of rotatable bonds is 5. The van der Waals surface area contributed by atoms with E-state index in [1.165, 1.54) is 0 Å². The van der Waals surface area contributed by atoms with Crippen LogP contribution in [0.3, 0.4) is 0 Å². The molecule has 62 valence electrons. The fraction of sp³-hybridized carbons (Fsp3) is 0.750. The lowest BCUT2D eigenvalue weighted by Crippen LogP contribution is -2.13. The van der Waals surface area contributed by atoms with Gasteiger partial charge in [0.05, 0.1) is 12.7 Å². The summed E-state index contributed by atoms with van der Waals surface area (Å²) in [6.45, 7) is 2.76. The summed E-state index contributed by atoms with van der Waals surface area (Å²) >= 11 is 0. The van der Waals surface area contributed by atoms with Crippen molar-refractivity contribution in [2.75, 3.05) is 6.61 Å². The van der Waals surface area contributed by atoms with Crippen molar-refractivity contribution in [1.82, 2.24) is 0 Å². The molecule has 1 aliphatic rings. The van der Waals surface area contributed by atoms with Crippen molar-refractivity contribution in [3.05, 3.63) is 0 Å². The molecule has 2 unspecified atom stereocenters. The molecule has 1 heterocycles. The molecule has 3 nitrogen and oxygen atoms in total. The van der Waals surface area contributed by atoms with Crippen LogP contribution in [0.4, 0.5) is 0 Å². The Labute approximate surface area is 65.7 Å². The van der Waals surface area contributed by atoms with Gasteiger partial charge < -0.3 is 4.74 Å². The highest BCUT2D eigenvalue weighted by Gasteiger charge is 2.32. The van der Waals surface area contributed by atoms with Crippen LogP contribution in [0.5, 0.6) is 0 Å². The largest absolute Gasteiger partial charge is 0.373 e. The third kappa shape index (κ3) is 2.42. The van der Waals surface area contributed by atoms with Crippen LogP contribution in [0.15, 0.2) is 0 Å². The molecule has 1 saturated heterocycles. The second kappa shape index (κ2) is 3.62. The Balaban J connectivity index is 2.30. The molecule has 1 rings (SSSR count). The van der Waals surface area contributed by atoms with Gasteiger partial charge in [0, 0.05) is 6.42 Å². The summed E-state index contributed by atoms with van der Waals surface area (Å²) < 4.78 is 5.04. The second-order valence-electron chi connectivity index (χ2n) is 2.83. The predicted molar refractivity (Wildman–Crippen MR) is 39.2 cm³/mol. The molecule has 1 aliphatic heterocycles. The van der Waals surface area contributed by atoms with Gasteiger partial charge in [-0.1, -0.05) is 13.3 Å². The van der Waals surface area contributed by atoms with E-state index in [0.717, 1.165) is 13.0 Å². The van der Waals surface area contributed by atoms with Gasteiger partial charge in [0.1, 0.15) is 0 Å². The third-order valence-corrected chi connectivity index (χ3v) is 2.00. The number of hydrogen-bond acceptors (Lipinski definition) is 3. The van der Waals surface area contributed by atoms with Gasteiger partial charge in [0.2, 0.25) is 0 Å². The van der Waals surface area contributed by atoms with Crippen molar-refractivity contribution in [3.63, 3.8) is 0 Å². The van der Waals surface area contributed by atoms with E-state index in [1.807, 2.05) is 6.92 Å². The Morgan fingerprint density at radius 3 is 2.82 bits per heavy atom. The fourth-order valence-corrected chi connectivity index (χ4v) is 1.17. The zero-order valence-electron chi connectivity index (χ0n) is 6.58. The average Bonchev–Trinajstić information content (AvgIpc) is 2.82. The highest BCUT2D eigenvalue weighted by atomic mass is 16.6. The molecule has 2 atom stereocenters. The Bertz CT molecular complexity index is 161. The fourth-order valence-electron chi connectivity index (χ4n) is 1.17. The van der Waals surface area contributed by atoms with Crippen LogP contribution in [-0.2, 0) is 14.3 Å². The molecule has 0 aromatic rings. The molecule has 0 bridgehead atoms. The van der Waals surface area contributed by atoms with Gasteiger partial charge in [-0.2, -0.15) is 0 Å².